The lowest BCUT2D eigenvalue weighted by Gasteiger charge is -2.08. The van der Waals surface area contributed by atoms with Crippen LogP contribution < -0.4 is 5.56 Å². The average molecular weight is 364 g/mol. The normalized spacial score (nSPS) is 10.9. The molecule has 1 N–H and O–H groups in total. The topological polar surface area (TPSA) is 78.4 Å². The smallest absolute Gasteiger partial charge is 0.278 e. The Balaban J connectivity index is 2.40. The third-order valence-electron chi connectivity index (χ3n) is 3.39. The van der Waals surface area contributed by atoms with Crippen LogP contribution in [0.2, 0.25) is 5.02 Å². The molecule has 5 nitrogen and oxygen atoms in total. The van der Waals surface area contributed by atoms with Gasteiger partial charge in [-0.05, 0) is 30.9 Å². The summed E-state index contributed by atoms with van der Waals surface area (Å²) in [7, 11) is 0. The van der Waals surface area contributed by atoms with Crippen molar-refractivity contribution in [1.82, 2.24) is 9.38 Å². The summed E-state index contributed by atoms with van der Waals surface area (Å²) in [6.45, 7) is 1.81. The van der Waals surface area contributed by atoms with Crippen LogP contribution in [0, 0.1) is 18.3 Å². The monoisotopic (exact) mass is 363 g/mol. The van der Waals surface area contributed by atoms with Gasteiger partial charge in [-0.1, -0.05) is 11.6 Å². The Morgan fingerprint density at radius 2 is 2.22 bits per heavy atom. The lowest BCUT2D eigenvalue weighted by Crippen LogP contribution is -2.19. The first-order chi connectivity index (χ1) is 11.0. The van der Waals surface area contributed by atoms with Crippen molar-refractivity contribution in [2.24, 2.45) is 0 Å². The van der Waals surface area contributed by atoms with Crippen LogP contribution in [0.3, 0.4) is 0 Å². The average Bonchev–Trinajstić information content (AvgIpc) is 2.94. The Labute approximate surface area is 144 Å². The second kappa shape index (κ2) is 5.89. The molecule has 0 radical (unpaired) electrons. The zero-order valence-electron chi connectivity index (χ0n) is 12.1. The van der Waals surface area contributed by atoms with Crippen molar-refractivity contribution < 1.29 is 5.11 Å². The van der Waals surface area contributed by atoms with Gasteiger partial charge in [0.25, 0.3) is 5.56 Å². The number of halogens is 1. The van der Waals surface area contributed by atoms with Gasteiger partial charge in [-0.3, -0.25) is 4.79 Å². The molecule has 0 spiro atoms. The maximum Gasteiger partial charge on any atom is 0.278 e. The number of aromatic hydroxyl groups is 1. The fourth-order valence-corrected chi connectivity index (χ4v) is 3.85. The maximum atomic E-state index is 12.6. The number of rotatable bonds is 2. The van der Waals surface area contributed by atoms with Crippen LogP contribution in [-0.2, 0) is 0 Å². The van der Waals surface area contributed by atoms with E-state index in [1.807, 2.05) is 13.0 Å². The Morgan fingerprint density at radius 1 is 1.48 bits per heavy atom. The van der Waals surface area contributed by atoms with E-state index < -0.39 is 5.56 Å². The number of aryl methyl sites for hydroxylation is 1. The maximum absolute atomic E-state index is 12.6. The molecule has 0 fully saturated rings. The molecule has 0 atom stereocenters. The minimum absolute atomic E-state index is 0.000162. The van der Waals surface area contributed by atoms with Gasteiger partial charge in [-0.15, -0.1) is 23.1 Å². The Kier molecular flexibility index (Phi) is 4.06. The van der Waals surface area contributed by atoms with Gasteiger partial charge in [-0.2, -0.15) is 5.26 Å². The summed E-state index contributed by atoms with van der Waals surface area (Å²) in [4.78, 5) is 17.5. The van der Waals surface area contributed by atoms with Crippen LogP contribution in [-0.4, -0.2) is 20.7 Å². The minimum atomic E-state index is -0.440. The van der Waals surface area contributed by atoms with Crippen molar-refractivity contribution in [2.45, 2.75) is 11.9 Å². The molecule has 3 rings (SSSR count). The zero-order chi connectivity index (χ0) is 16.7. The number of phenolic OH excluding ortho intramolecular Hbond substituents is 1. The van der Waals surface area contributed by atoms with E-state index in [4.69, 9.17) is 11.6 Å². The Bertz CT molecular complexity index is 1030. The van der Waals surface area contributed by atoms with Crippen molar-refractivity contribution in [2.75, 3.05) is 6.26 Å². The Hall–Kier alpha value is -2.01. The van der Waals surface area contributed by atoms with Crippen molar-refractivity contribution in [1.29, 1.82) is 5.26 Å². The first-order valence-electron chi connectivity index (χ1n) is 6.45. The summed E-state index contributed by atoms with van der Waals surface area (Å²) >= 11 is 8.53. The lowest BCUT2D eigenvalue weighted by atomic mass is 10.1. The van der Waals surface area contributed by atoms with E-state index in [1.165, 1.54) is 33.6 Å². The number of thioether (sulfide) groups is 1. The van der Waals surface area contributed by atoms with Gasteiger partial charge in [0.05, 0.1) is 5.69 Å². The third kappa shape index (κ3) is 2.49. The molecule has 0 amide bonds. The minimum Gasteiger partial charge on any atom is -0.507 e. The van der Waals surface area contributed by atoms with Crippen LogP contribution in [0.5, 0.6) is 5.75 Å². The molecule has 0 aliphatic heterocycles. The fourth-order valence-electron chi connectivity index (χ4n) is 2.24. The molecule has 0 aliphatic carbocycles. The summed E-state index contributed by atoms with van der Waals surface area (Å²) < 4.78 is 1.35. The molecular formula is C15H10ClN3O2S2. The molecule has 1 aromatic carbocycles. The van der Waals surface area contributed by atoms with Crippen molar-refractivity contribution in [3.63, 3.8) is 0 Å². The van der Waals surface area contributed by atoms with Crippen molar-refractivity contribution >= 4 is 39.7 Å². The number of nitriles is 1. The van der Waals surface area contributed by atoms with E-state index in [1.54, 1.807) is 17.7 Å². The van der Waals surface area contributed by atoms with Crippen LogP contribution in [0.1, 0.15) is 11.1 Å². The molecule has 0 unspecified atom stereocenters. The van der Waals surface area contributed by atoms with E-state index >= 15 is 0 Å². The quantitative estimate of drug-likeness (QED) is 0.555. The summed E-state index contributed by atoms with van der Waals surface area (Å²) in [6.07, 6.45) is 1.77. The Morgan fingerprint density at radius 3 is 2.87 bits per heavy atom. The molecule has 3 aromatic rings. The molecule has 116 valence electrons. The fraction of sp³-hybridized carbons (Fsp3) is 0.133. The van der Waals surface area contributed by atoms with Crippen LogP contribution in [0.15, 0.2) is 27.3 Å². The number of thiazole rings is 1. The van der Waals surface area contributed by atoms with Crippen LogP contribution in [0.4, 0.5) is 0 Å². The number of fused-ring (bicyclic) bond motifs is 1. The SMILES string of the molecule is CSc1nc2scc(-c3cc(C)c(Cl)cc3O)n2c(=O)c1C#N. The molecule has 0 saturated heterocycles. The number of benzene rings is 1. The number of hydrogen-bond acceptors (Lipinski definition) is 6. The summed E-state index contributed by atoms with van der Waals surface area (Å²) in [5, 5.41) is 22.0. The summed E-state index contributed by atoms with van der Waals surface area (Å²) in [5.41, 5.74) is 1.30. The third-order valence-corrected chi connectivity index (χ3v) is 5.31. The van der Waals surface area contributed by atoms with E-state index in [0.29, 0.717) is 26.3 Å². The predicted octanol–water partition coefficient (Wildman–Crippen LogP) is 3.68. The standard InChI is InChI=1S/C15H10ClN3O2S2/c1-7-3-8(12(20)4-10(7)16)11-6-23-15-18-13(22-2)9(5-17)14(21)19(11)15/h3-4,6,20H,1-2H3. The number of phenols is 1. The van der Waals surface area contributed by atoms with Gasteiger partial charge in [0.2, 0.25) is 0 Å². The molecule has 0 bridgehead atoms. The van der Waals surface area contributed by atoms with E-state index in [-0.39, 0.29) is 11.3 Å². The molecule has 0 saturated carbocycles. The summed E-state index contributed by atoms with van der Waals surface area (Å²) in [5.74, 6) is -0.0281. The first-order valence-corrected chi connectivity index (χ1v) is 8.94. The summed E-state index contributed by atoms with van der Waals surface area (Å²) in [6, 6.07) is 5.06. The predicted molar refractivity (Wildman–Crippen MR) is 92.7 cm³/mol. The van der Waals surface area contributed by atoms with Crippen LogP contribution >= 0.6 is 34.7 Å². The van der Waals surface area contributed by atoms with Gasteiger partial charge in [0, 0.05) is 16.0 Å². The van der Waals surface area contributed by atoms with Crippen molar-refractivity contribution in [3.8, 4) is 23.1 Å². The van der Waals surface area contributed by atoms with Crippen LogP contribution in [0.25, 0.3) is 16.2 Å². The van der Waals surface area contributed by atoms with E-state index in [2.05, 4.69) is 4.98 Å². The largest absolute Gasteiger partial charge is 0.507 e. The van der Waals surface area contributed by atoms with Crippen molar-refractivity contribution in [3.05, 3.63) is 44.0 Å². The van der Waals surface area contributed by atoms with E-state index in [0.717, 1.165) is 5.56 Å². The zero-order valence-corrected chi connectivity index (χ0v) is 14.5. The van der Waals surface area contributed by atoms with Gasteiger partial charge in [0.15, 0.2) is 4.96 Å². The second-order valence-corrected chi connectivity index (χ2v) is 6.81. The highest BCUT2D eigenvalue weighted by Crippen LogP contribution is 2.35. The highest BCUT2D eigenvalue weighted by Gasteiger charge is 2.18. The number of aromatic nitrogens is 2. The van der Waals surface area contributed by atoms with E-state index in [9.17, 15) is 15.2 Å². The second-order valence-electron chi connectivity index (χ2n) is 4.77. The van der Waals surface area contributed by atoms with Gasteiger partial charge < -0.3 is 5.11 Å². The number of nitrogens with zero attached hydrogens (tertiary/aromatic N) is 3. The molecule has 2 heterocycles. The molecule has 23 heavy (non-hydrogen) atoms. The molecular weight excluding hydrogens is 354 g/mol. The number of hydrogen-bond donors (Lipinski definition) is 1. The molecule has 0 aliphatic rings. The van der Waals surface area contributed by atoms with Gasteiger partial charge >= 0.3 is 0 Å². The lowest BCUT2D eigenvalue weighted by molar-refractivity contribution is 0.477. The highest BCUT2D eigenvalue weighted by molar-refractivity contribution is 7.98. The highest BCUT2D eigenvalue weighted by atomic mass is 35.5. The molecule has 2 aromatic heterocycles. The van der Waals surface area contributed by atoms with Gasteiger partial charge in [0.1, 0.15) is 22.4 Å². The molecule has 8 heteroatoms. The first kappa shape index (κ1) is 15.9. The van der Waals surface area contributed by atoms with Gasteiger partial charge in [-0.25, -0.2) is 9.38 Å².